The number of nitrogens with one attached hydrogen (secondary N) is 2. The van der Waals surface area contributed by atoms with E-state index in [1.54, 1.807) is 12.1 Å². The van der Waals surface area contributed by atoms with Crippen molar-refractivity contribution in [1.82, 2.24) is 5.32 Å². The minimum atomic E-state index is -0.917. The van der Waals surface area contributed by atoms with E-state index in [9.17, 15) is 14.3 Å². The standard InChI is InChI=1S/C16H16ClFN2O2/c1-10-2-7-13(17)14(8-10)20-16(22)19-9-15(21)11-3-5-12(18)6-4-11/h2-8,15,21H,9H2,1H3,(H2,19,20,22). The summed E-state index contributed by atoms with van der Waals surface area (Å²) in [6.07, 6.45) is -0.917. The van der Waals surface area contributed by atoms with Gasteiger partial charge in [0.2, 0.25) is 0 Å². The Kier molecular flexibility index (Phi) is 5.35. The maximum absolute atomic E-state index is 12.8. The second-order valence-electron chi connectivity index (χ2n) is 4.89. The summed E-state index contributed by atoms with van der Waals surface area (Å²) in [6, 6.07) is 10.3. The zero-order valence-corrected chi connectivity index (χ0v) is 12.7. The van der Waals surface area contributed by atoms with E-state index in [1.807, 2.05) is 13.0 Å². The molecule has 0 spiro atoms. The van der Waals surface area contributed by atoms with Gasteiger partial charge >= 0.3 is 6.03 Å². The van der Waals surface area contributed by atoms with Gasteiger partial charge in [-0.3, -0.25) is 0 Å². The summed E-state index contributed by atoms with van der Waals surface area (Å²) >= 11 is 5.99. The lowest BCUT2D eigenvalue weighted by Gasteiger charge is -2.13. The van der Waals surface area contributed by atoms with Crippen LogP contribution >= 0.6 is 11.6 Å². The Bertz CT molecular complexity index is 662. The smallest absolute Gasteiger partial charge is 0.319 e. The molecule has 2 rings (SSSR count). The Labute approximate surface area is 132 Å². The number of anilines is 1. The van der Waals surface area contributed by atoms with Crippen molar-refractivity contribution in [3.63, 3.8) is 0 Å². The second-order valence-corrected chi connectivity index (χ2v) is 5.29. The van der Waals surface area contributed by atoms with Crippen LogP contribution in [0.2, 0.25) is 5.02 Å². The molecule has 0 aliphatic heterocycles. The predicted octanol–water partition coefficient (Wildman–Crippen LogP) is 3.64. The molecular weight excluding hydrogens is 307 g/mol. The first-order valence-electron chi connectivity index (χ1n) is 6.70. The second kappa shape index (κ2) is 7.24. The summed E-state index contributed by atoms with van der Waals surface area (Å²) in [5.74, 6) is -0.379. The van der Waals surface area contributed by atoms with Gasteiger partial charge in [-0.05, 0) is 42.3 Å². The maximum Gasteiger partial charge on any atom is 0.319 e. The van der Waals surface area contributed by atoms with E-state index in [4.69, 9.17) is 11.6 Å². The fourth-order valence-electron chi connectivity index (χ4n) is 1.89. The van der Waals surface area contributed by atoms with E-state index in [0.717, 1.165) is 5.56 Å². The molecule has 1 atom stereocenters. The van der Waals surface area contributed by atoms with Gasteiger partial charge in [-0.25, -0.2) is 9.18 Å². The van der Waals surface area contributed by atoms with Crippen LogP contribution in [0.25, 0.3) is 0 Å². The van der Waals surface area contributed by atoms with Crippen LogP contribution in [0.5, 0.6) is 0 Å². The summed E-state index contributed by atoms with van der Waals surface area (Å²) in [4.78, 5) is 11.8. The van der Waals surface area contributed by atoms with Gasteiger partial charge in [-0.15, -0.1) is 0 Å². The van der Waals surface area contributed by atoms with Gasteiger partial charge in [0.1, 0.15) is 5.82 Å². The first-order chi connectivity index (χ1) is 10.5. The number of aliphatic hydroxyl groups is 1. The summed E-state index contributed by atoms with van der Waals surface area (Å²) in [6.45, 7) is 1.89. The van der Waals surface area contributed by atoms with Crippen LogP contribution in [0.4, 0.5) is 14.9 Å². The van der Waals surface area contributed by atoms with Gasteiger partial charge in [-0.2, -0.15) is 0 Å². The molecule has 2 aromatic rings. The summed E-state index contributed by atoms with van der Waals surface area (Å²) in [5, 5.41) is 15.5. The molecule has 6 heteroatoms. The highest BCUT2D eigenvalue weighted by Gasteiger charge is 2.10. The third-order valence-corrected chi connectivity index (χ3v) is 3.41. The Morgan fingerprint density at radius 1 is 1.27 bits per heavy atom. The van der Waals surface area contributed by atoms with Crippen molar-refractivity contribution in [2.45, 2.75) is 13.0 Å². The quantitative estimate of drug-likeness (QED) is 0.804. The Balaban J connectivity index is 1.89. The molecule has 0 fully saturated rings. The highest BCUT2D eigenvalue weighted by Crippen LogP contribution is 2.22. The molecule has 116 valence electrons. The predicted molar refractivity (Wildman–Crippen MR) is 84.6 cm³/mol. The molecule has 0 aliphatic rings. The first kappa shape index (κ1) is 16.3. The van der Waals surface area contributed by atoms with Gasteiger partial charge in [0.25, 0.3) is 0 Å². The van der Waals surface area contributed by atoms with Gasteiger partial charge in [0.05, 0.1) is 16.8 Å². The lowest BCUT2D eigenvalue weighted by molar-refractivity contribution is 0.175. The molecule has 0 radical (unpaired) electrons. The van der Waals surface area contributed by atoms with Crippen molar-refractivity contribution in [2.24, 2.45) is 0 Å². The van der Waals surface area contributed by atoms with Crippen LogP contribution < -0.4 is 10.6 Å². The minimum absolute atomic E-state index is 0.000893. The van der Waals surface area contributed by atoms with Crippen molar-refractivity contribution in [3.8, 4) is 0 Å². The van der Waals surface area contributed by atoms with E-state index in [2.05, 4.69) is 10.6 Å². The average molecular weight is 323 g/mol. The first-order valence-corrected chi connectivity index (χ1v) is 7.08. The van der Waals surface area contributed by atoms with Crippen LogP contribution in [0.3, 0.4) is 0 Å². The summed E-state index contributed by atoms with van der Waals surface area (Å²) in [7, 11) is 0. The third kappa shape index (κ3) is 4.44. The number of hydrogen-bond acceptors (Lipinski definition) is 2. The highest BCUT2D eigenvalue weighted by atomic mass is 35.5. The number of amides is 2. The monoisotopic (exact) mass is 322 g/mol. The molecule has 22 heavy (non-hydrogen) atoms. The number of aliphatic hydroxyl groups excluding tert-OH is 1. The molecule has 0 bridgehead atoms. The SMILES string of the molecule is Cc1ccc(Cl)c(NC(=O)NCC(O)c2ccc(F)cc2)c1. The Morgan fingerprint density at radius 2 is 1.95 bits per heavy atom. The number of carbonyl (C=O) groups is 1. The van der Waals surface area contributed by atoms with Crippen molar-refractivity contribution in [2.75, 3.05) is 11.9 Å². The van der Waals surface area contributed by atoms with Gasteiger partial charge < -0.3 is 15.7 Å². The van der Waals surface area contributed by atoms with E-state index in [-0.39, 0.29) is 12.4 Å². The molecule has 0 aliphatic carbocycles. The molecule has 3 N–H and O–H groups in total. The number of aryl methyl sites for hydroxylation is 1. The number of rotatable bonds is 4. The zero-order valence-electron chi connectivity index (χ0n) is 11.9. The van der Waals surface area contributed by atoms with Crippen molar-refractivity contribution in [1.29, 1.82) is 0 Å². The molecule has 2 aromatic carbocycles. The Morgan fingerprint density at radius 3 is 2.64 bits per heavy atom. The summed E-state index contributed by atoms with van der Waals surface area (Å²) in [5.41, 5.74) is 1.98. The van der Waals surface area contributed by atoms with Crippen LogP contribution in [0.15, 0.2) is 42.5 Å². The number of hydrogen-bond donors (Lipinski definition) is 3. The van der Waals surface area contributed by atoms with E-state index < -0.39 is 12.1 Å². The van der Waals surface area contributed by atoms with Crippen LogP contribution in [-0.4, -0.2) is 17.7 Å². The number of benzene rings is 2. The molecular formula is C16H16ClFN2O2. The lowest BCUT2D eigenvalue weighted by atomic mass is 10.1. The van der Waals surface area contributed by atoms with E-state index in [0.29, 0.717) is 16.3 Å². The van der Waals surface area contributed by atoms with Crippen molar-refractivity contribution < 1.29 is 14.3 Å². The van der Waals surface area contributed by atoms with Crippen LogP contribution in [0, 0.1) is 12.7 Å². The van der Waals surface area contributed by atoms with Gasteiger partial charge in [0.15, 0.2) is 0 Å². The fourth-order valence-corrected chi connectivity index (χ4v) is 2.06. The normalized spacial score (nSPS) is 11.8. The number of urea groups is 1. The maximum atomic E-state index is 12.8. The molecule has 0 saturated carbocycles. The number of halogens is 2. The Hall–Kier alpha value is -2.11. The average Bonchev–Trinajstić information content (AvgIpc) is 2.49. The van der Waals surface area contributed by atoms with Crippen molar-refractivity contribution >= 4 is 23.3 Å². The molecule has 0 saturated heterocycles. The van der Waals surface area contributed by atoms with Crippen LogP contribution in [0.1, 0.15) is 17.2 Å². The molecule has 1 unspecified atom stereocenters. The molecule has 0 heterocycles. The topological polar surface area (TPSA) is 61.4 Å². The molecule has 0 aromatic heterocycles. The molecule has 4 nitrogen and oxygen atoms in total. The zero-order chi connectivity index (χ0) is 16.1. The fraction of sp³-hybridized carbons (Fsp3) is 0.188. The largest absolute Gasteiger partial charge is 0.387 e. The van der Waals surface area contributed by atoms with Gasteiger partial charge in [-0.1, -0.05) is 29.8 Å². The van der Waals surface area contributed by atoms with Crippen molar-refractivity contribution in [3.05, 3.63) is 64.4 Å². The highest BCUT2D eigenvalue weighted by molar-refractivity contribution is 6.33. The number of carbonyl (C=O) groups excluding carboxylic acids is 1. The molecule has 2 amide bonds. The van der Waals surface area contributed by atoms with Crippen LogP contribution in [-0.2, 0) is 0 Å². The third-order valence-electron chi connectivity index (χ3n) is 3.08. The van der Waals surface area contributed by atoms with E-state index in [1.165, 1.54) is 24.3 Å². The minimum Gasteiger partial charge on any atom is -0.387 e. The lowest BCUT2D eigenvalue weighted by Crippen LogP contribution is -2.32. The summed E-state index contributed by atoms with van der Waals surface area (Å²) < 4.78 is 12.8. The van der Waals surface area contributed by atoms with E-state index >= 15 is 0 Å². The van der Waals surface area contributed by atoms with Gasteiger partial charge in [0, 0.05) is 6.54 Å².